The van der Waals surface area contributed by atoms with Gasteiger partial charge in [-0.05, 0) is 31.0 Å². The van der Waals surface area contributed by atoms with Gasteiger partial charge in [0, 0.05) is 6.54 Å². The van der Waals surface area contributed by atoms with Gasteiger partial charge < -0.3 is 5.11 Å². The lowest BCUT2D eigenvalue weighted by atomic mass is 10.1. The van der Waals surface area contributed by atoms with Crippen molar-refractivity contribution < 1.29 is 18.3 Å². The third kappa shape index (κ3) is 4.12. The number of benzene rings is 1. The van der Waals surface area contributed by atoms with Crippen molar-refractivity contribution in [3.05, 3.63) is 29.8 Å². The highest BCUT2D eigenvalue weighted by molar-refractivity contribution is 7.89. The Kier molecular flexibility index (Phi) is 4.86. The van der Waals surface area contributed by atoms with Crippen molar-refractivity contribution in [1.82, 2.24) is 4.72 Å². The Bertz CT molecular complexity index is 525. The summed E-state index contributed by atoms with van der Waals surface area (Å²) in [6.45, 7) is 3.47. The van der Waals surface area contributed by atoms with Gasteiger partial charge in [-0.15, -0.1) is 0 Å². The molecule has 1 aromatic rings. The summed E-state index contributed by atoms with van der Waals surface area (Å²) < 4.78 is 26.2. The van der Waals surface area contributed by atoms with E-state index in [1.165, 1.54) is 6.07 Å². The standard InChI is InChI=1S/C12H17NO4S/c1-9-4-3-5-11(8-9)18(16,17)13-7-6-10(2)12(14)15/h3-5,8,10,13H,6-7H2,1-2H3,(H,14,15). The number of sulfonamides is 1. The molecule has 0 aliphatic rings. The first-order valence-corrected chi connectivity index (χ1v) is 7.10. The Morgan fingerprint density at radius 3 is 2.67 bits per heavy atom. The van der Waals surface area contributed by atoms with Gasteiger partial charge >= 0.3 is 5.97 Å². The van der Waals surface area contributed by atoms with Crippen molar-refractivity contribution in [2.45, 2.75) is 25.2 Å². The average molecular weight is 271 g/mol. The number of carbonyl (C=O) groups is 1. The highest BCUT2D eigenvalue weighted by Crippen LogP contribution is 2.11. The Balaban J connectivity index is 2.64. The summed E-state index contributed by atoms with van der Waals surface area (Å²) in [6.07, 6.45) is 0.264. The number of carboxylic acid groups (broad SMARTS) is 1. The molecule has 0 fully saturated rings. The minimum atomic E-state index is -3.55. The SMILES string of the molecule is Cc1cccc(S(=O)(=O)NCCC(C)C(=O)O)c1. The zero-order chi connectivity index (χ0) is 13.8. The number of aryl methyl sites for hydroxylation is 1. The molecule has 0 aliphatic heterocycles. The average Bonchev–Trinajstić information content (AvgIpc) is 2.28. The van der Waals surface area contributed by atoms with Crippen LogP contribution in [0.2, 0.25) is 0 Å². The molecule has 0 spiro atoms. The Labute approximate surface area is 107 Å². The molecule has 2 N–H and O–H groups in total. The van der Waals surface area contributed by atoms with Crippen LogP contribution in [0.15, 0.2) is 29.2 Å². The maximum Gasteiger partial charge on any atom is 0.306 e. The third-order valence-corrected chi connectivity index (χ3v) is 4.05. The van der Waals surface area contributed by atoms with Gasteiger partial charge in [-0.2, -0.15) is 0 Å². The molecule has 0 saturated carbocycles. The number of aliphatic carboxylic acids is 1. The third-order valence-electron chi connectivity index (χ3n) is 2.59. The van der Waals surface area contributed by atoms with Crippen molar-refractivity contribution in [2.75, 3.05) is 6.54 Å². The van der Waals surface area contributed by atoms with Crippen molar-refractivity contribution in [1.29, 1.82) is 0 Å². The molecule has 0 amide bonds. The fourth-order valence-corrected chi connectivity index (χ4v) is 2.55. The van der Waals surface area contributed by atoms with Gasteiger partial charge in [0.15, 0.2) is 0 Å². The van der Waals surface area contributed by atoms with Gasteiger partial charge in [0.25, 0.3) is 0 Å². The van der Waals surface area contributed by atoms with E-state index < -0.39 is 21.9 Å². The van der Waals surface area contributed by atoms with E-state index in [1.54, 1.807) is 19.1 Å². The van der Waals surface area contributed by atoms with E-state index >= 15 is 0 Å². The molecule has 5 nitrogen and oxygen atoms in total. The molecular formula is C12H17NO4S. The van der Waals surface area contributed by atoms with Crippen LogP contribution < -0.4 is 4.72 Å². The van der Waals surface area contributed by atoms with E-state index in [-0.39, 0.29) is 17.9 Å². The molecule has 0 aromatic heterocycles. The molecule has 1 unspecified atom stereocenters. The van der Waals surface area contributed by atoms with E-state index in [2.05, 4.69) is 4.72 Å². The fraction of sp³-hybridized carbons (Fsp3) is 0.417. The molecule has 1 aromatic carbocycles. The van der Waals surface area contributed by atoms with Crippen LogP contribution in [0.25, 0.3) is 0 Å². The molecule has 1 atom stereocenters. The van der Waals surface area contributed by atoms with E-state index in [0.29, 0.717) is 0 Å². The van der Waals surface area contributed by atoms with Crippen molar-refractivity contribution in [3.8, 4) is 0 Å². The predicted molar refractivity (Wildman–Crippen MR) is 67.8 cm³/mol. The number of hydrogen-bond donors (Lipinski definition) is 2. The Morgan fingerprint density at radius 2 is 2.11 bits per heavy atom. The maximum absolute atomic E-state index is 11.9. The van der Waals surface area contributed by atoms with E-state index in [4.69, 9.17) is 5.11 Å². The molecule has 18 heavy (non-hydrogen) atoms. The molecular weight excluding hydrogens is 254 g/mol. The molecule has 0 heterocycles. The highest BCUT2D eigenvalue weighted by atomic mass is 32.2. The molecule has 0 saturated heterocycles. The van der Waals surface area contributed by atoms with Gasteiger partial charge in [0.1, 0.15) is 0 Å². The van der Waals surface area contributed by atoms with E-state index in [0.717, 1.165) is 5.56 Å². The lowest BCUT2D eigenvalue weighted by molar-refractivity contribution is -0.141. The minimum Gasteiger partial charge on any atom is -0.481 e. The summed E-state index contributed by atoms with van der Waals surface area (Å²) in [5.41, 5.74) is 0.858. The summed E-state index contributed by atoms with van der Waals surface area (Å²) in [6, 6.07) is 6.56. The Morgan fingerprint density at radius 1 is 1.44 bits per heavy atom. The van der Waals surface area contributed by atoms with Gasteiger partial charge in [0.2, 0.25) is 10.0 Å². The van der Waals surface area contributed by atoms with E-state index in [1.807, 2.05) is 13.0 Å². The fourth-order valence-electron chi connectivity index (χ4n) is 1.40. The van der Waals surface area contributed by atoms with Crippen LogP contribution >= 0.6 is 0 Å². The second-order valence-corrected chi connectivity index (χ2v) is 6.01. The summed E-state index contributed by atoms with van der Waals surface area (Å²) in [7, 11) is -3.55. The zero-order valence-corrected chi connectivity index (χ0v) is 11.2. The van der Waals surface area contributed by atoms with Gasteiger partial charge in [-0.25, -0.2) is 13.1 Å². The quantitative estimate of drug-likeness (QED) is 0.819. The molecule has 1 rings (SSSR count). The first-order valence-electron chi connectivity index (χ1n) is 5.62. The second kappa shape index (κ2) is 5.97. The maximum atomic E-state index is 11.9. The molecule has 0 radical (unpaired) electrons. The Hall–Kier alpha value is -1.40. The van der Waals surface area contributed by atoms with Gasteiger partial charge in [-0.1, -0.05) is 19.1 Å². The van der Waals surface area contributed by atoms with Crippen molar-refractivity contribution in [2.24, 2.45) is 5.92 Å². The summed E-state index contributed by atoms with van der Waals surface area (Å²) in [5, 5.41) is 8.69. The number of hydrogen-bond acceptors (Lipinski definition) is 3. The summed E-state index contributed by atoms with van der Waals surface area (Å²) in [5.74, 6) is -1.49. The lowest BCUT2D eigenvalue weighted by Gasteiger charge is -2.09. The van der Waals surface area contributed by atoms with Gasteiger partial charge in [-0.3, -0.25) is 4.79 Å². The van der Waals surface area contributed by atoms with Crippen LogP contribution in [0.5, 0.6) is 0 Å². The zero-order valence-electron chi connectivity index (χ0n) is 10.4. The number of rotatable bonds is 6. The van der Waals surface area contributed by atoms with Crippen molar-refractivity contribution in [3.63, 3.8) is 0 Å². The summed E-state index contributed by atoms with van der Waals surface area (Å²) >= 11 is 0. The van der Waals surface area contributed by atoms with E-state index in [9.17, 15) is 13.2 Å². The molecule has 0 bridgehead atoms. The van der Waals surface area contributed by atoms with Crippen LogP contribution in [-0.2, 0) is 14.8 Å². The number of carboxylic acids is 1. The summed E-state index contributed by atoms with van der Waals surface area (Å²) in [4.78, 5) is 10.8. The first-order chi connectivity index (χ1) is 8.33. The molecule has 100 valence electrons. The van der Waals surface area contributed by atoms with Crippen LogP contribution in [-0.4, -0.2) is 26.0 Å². The highest BCUT2D eigenvalue weighted by Gasteiger charge is 2.15. The monoisotopic (exact) mass is 271 g/mol. The van der Waals surface area contributed by atoms with Gasteiger partial charge in [0.05, 0.1) is 10.8 Å². The topological polar surface area (TPSA) is 83.5 Å². The first kappa shape index (κ1) is 14.7. The molecule has 6 heteroatoms. The lowest BCUT2D eigenvalue weighted by Crippen LogP contribution is -2.27. The van der Waals surface area contributed by atoms with Crippen LogP contribution in [0.3, 0.4) is 0 Å². The smallest absolute Gasteiger partial charge is 0.306 e. The normalized spacial score (nSPS) is 13.2. The van der Waals surface area contributed by atoms with Crippen LogP contribution in [0.1, 0.15) is 18.9 Å². The second-order valence-electron chi connectivity index (χ2n) is 4.24. The van der Waals surface area contributed by atoms with Crippen LogP contribution in [0, 0.1) is 12.8 Å². The molecule has 0 aliphatic carbocycles. The number of nitrogens with one attached hydrogen (secondary N) is 1. The predicted octanol–water partition coefficient (Wildman–Crippen LogP) is 1.38. The van der Waals surface area contributed by atoms with Crippen molar-refractivity contribution >= 4 is 16.0 Å². The van der Waals surface area contributed by atoms with Crippen LogP contribution in [0.4, 0.5) is 0 Å². The largest absolute Gasteiger partial charge is 0.481 e. The minimum absolute atomic E-state index is 0.115.